The molecule has 0 aliphatic carbocycles. The summed E-state index contributed by atoms with van der Waals surface area (Å²) in [6.07, 6.45) is 1.89. The van der Waals surface area contributed by atoms with Gasteiger partial charge in [-0.25, -0.2) is 4.37 Å². The molecule has 0 aliphatic heterocycles. The van der Waals surface area contributed by atoms with Gasteiger partial charge in [0, 0.05) is 23.5 Å². The van der Waals surface area contributed by atoms with Crippen LogP contribution < -0.4 is 5.73 Å². The maximum Gasteiger partial charge on any atom is 0.0444 e. The van der Waals surface area contributed by atoms with Gasteiger partial charge in [-0.05, 0) is 17.1 Å². The lowest BCUT2D eigenvalue weighted by atomic mass is 9.88. The van der Waals surface area contributed by atoms with E-state index < -0.39 is 0 Å². The molecular weight excluding hydrogens is 144 g/mol. The van der Waals surface area contributed by atoms with E-state index in [0.29, 0.717) is 6.54 Å². The van der Waals surface area contributed by atoms with Gasteiger partial charge >= 0.3 is 0 Å². The Labute approximate surface area is 65.2 Å². The molecule has 0 bridgehead atoms. The van der Waals surface area contributed by atoms with Crippen molar-refractivity contribution in [1.29, 1.82) is 0 Å². The van der Waals surface area contributed by atoms with E-state index in [1.165, 1.54) is 17.1 Å². The van der Waals surface area contributed by atoms with Crippen LogP contribution in [0.4, 0.5) is 0 Å². The summed E-state index contributed by atoms with van der Waals surface area (Å²) < 4.78 is 4.02. The molecule has 0 atom stereocenters. The molecule has 0 fully saturated rings. The topological polar surface area (TPSA) is 38.9 Å². The van der Waals surface area contributed by atoms with Gasteiger partial charge in [0.1, 0.15) is 0 Å². The molecule has 10 heavy (non-hydrogen) atoms. The maximum atomic E-state index is 5.57. The van der Waals surface area contributed by atoms with Gasteiger partial charge in [-0.15, -0.1) is 0 Å². The molecule has 0 saturated carbocycles. The van der Waals surface area contributed by atoms with Crippen LogP contribution in [0.2, 0.25) is 0 Å². The highest BCUT2D eigenvalue weighted by molar-refractivity contribution is 7.03. The molecule has 2 nitrogen and oxygen atoms in total. The quantitative estimate of drug-likeness (QED) is 0.702. The van der Waals surface area contributed by atoms with Gasteiger partial charge in [0.2, 0.25) is 0 Å². The van der Waals surface area contributed by atoms with Crippen LogP contribution in [0.3, 0.4) is 0 Å². The van der Waals surface area contributed by atoms with Crippen LogP contribution >= 0.6 is 11.5 Å². The summed E-state index contributed by atoms with van der Waals surface area (Å²) in [6.45, 7) is 4.92. The monoisotopic (exact) mass is 156 g/mol. The van der Waals surface area contributed by atoms with E-state index in [1.807, 2.05) is 11.6 Å². The lowest BCUT2D eigenvalue weighted by Gasteiger charge is -2.19. The number of nitrogens with two attached hydrogens (primary N) is 1. The molecule has 0 saturated heterocycles. The Hall–Kier alpha value is -0.410. The van der Waals surface area contributed by atoms with Crippen molar-refractivity contribution >= 4 is 11.5 Å². The molecule has 1 aromatic heterocycles. The molecule has 0 spiro atoms. The van der Waals surface area contributed by atoms with Crippen LogP contribution in [0, 0.1) is 0 Å². The minimum absolute atomic E-state index is 0.0903. The SMILES string of the molecule is CC(C)(CN)c1cnsc1. The van der Waals surface area contributed by atoms with E-state index >= 15 is 0 Å². The van der Waals surface area contributed by atoms with Crippen molar-refractivity contribution in [2.24, 2.45) is 5.73 Å². The number of hydrogen-bond acceptors (Lipinski definition) is 3. The molecule has 0 radical (unpaired) electrons. The van der Waals surface area contributed by atoms with E-state index in [2.05, 4.69) is 18.2 Å². The molecule has 56 valence electrons. The van der Waals surface area contributed by atoms with Crippen molar-refractivity contribution in [3.63, 3.8) is 0 Å². The molecule has 2 N–H and O–H groups in total. The molecule has 1 rings (SSSR count). The Kier molecular flexibility index (Phi) is 2.06. The number of nitrogens with zero attached hydrogens (tertiary/aromatic N) is 1. The lowest BCUT2D eigenvalue weighted by Crippen LogP contribution is -2.27. The molecule has 0 aliphatic rings. The minimum Gasteiger partial charge on any atom is -0.330 e. The van der Waals surface area contributed by atoms with Gasteiger partial charge < -0.3 is 5.73 Å². The summed E-state index contributed by atoms with van der Waals surface area (Å²) >= 11 is 1.48. The zero-order chi connectivity index (χ0) is 7.61. The Morgan fingerprint density at radius 1 is 1.70 bits per heavy atom. The van der Waals surface area contributed by atoms with Crippen LogP contribution in [0.1, 0.15) is 19.4 Å². The zero-order valence-electron chi connectivity index (χ0n) is 6.29. The van der Waals surface area contributed by atoms with Crippen molar-refractivity contribution in [3.8, 4) is 0 Å². The molecule has 1 heterocycles. The highest BCUT2D eigenvalue weighted by Gasteiger charge is 2.18. The number of aromatic nitrogens is 1. The maximum absolute atomic E-state index is 5.57. The first kappa shape index (κ1) is 7.69. The minimum atomic E-state index is 0.0903. The first-order valence-electron chi connectivity index (χ1n) is 3.27. The Morgan fingerprint density at radius 3 is 2.80 bits per heavy atom. The standard InChI is InChI=1S/C7H12N2S/c1-7(2,5-8)6-3-9-10-4-6/h3-4H,5,8H2,1-2H3. The van der Waals surface area contributed by atoms with E-state index in [9.17, 15) is 0 Å². The average molecular weight is 156 g/mol. The smallest absolute Gasteiger partial charge is 0.0444 e. The first-order chi connectivity index (χ1) is 4.67. The van der Waals surface area contributed by atoms with E-state index in [4.69, 9.17) is 5.73 Å². The predicted molar refractivity (Wildman–Crippen MR) is 44.2 cm³/mol. The number of rotatable bonds is 2. The van der Waals surface area contributed by atoms with Crippen molar-refractivity contribution < 1.29 is 0 Å². The molecule has 3 heteroatoms. The third-order valence-electron chi connectivity index (χ3n) is 1.72. The Bertz CT molecular complexity index is 191. The van der Waals surface area contributed by atoms with E-state index in [1.54, 1.807) is 0 Å². The summed E-state index contributed by atoms with van der Waals surface area (Å²) in [5.41, 5.74) is 6.90. The highest BCUT2D eigenvalue weighted by Crippen LogP contribution is 2.21. The van der Waals surface area contributed by atoms with Crippen LogP contribution in [0.15, 0.2) is 11.6 Å². The van der Waals surface area contributed by atoms with Gasteiger partial charge in [-0.3, -0.25) is 0 Å². The van der Waals surface area contributed by atoms with Crippen LogP contribution in [-0.4, -0.2) is 10.9 Å². The fourth-order valence-electron chi connectivity index (χ4n) is 0.657. The summed E-state index contributed by atoms with van der Waals surface area (Å²) in [5, 5.41) is 2.05. The van der Waals surface area contributed by atoms with E-state index in [-0.39, 0.29) is 5.41 Å². The van der Waals surface area contributed by atoms with Gasteiger partial charge in [-0.2, -0.15) is 0 Å². The summed E-state index contributed by atoms with van der Waals surface area (Å²) in [7, 11) is 0. The highest BCUT2D eigenvalue weighted by atomic mass is 32.1. The van der Waals surface area contributed by atoms with E-state index in [0.717, 1.165) is 0 Å². The number of hydrogen-bond donors (Lipinski definition) is 1. The van der Waals surface area contributed by atoms with Gasteiger partial charge in [0.25, 0.3) is 0 Å². The van der Waals surface area contributed by atoms with Crippen LogP contribution in [0.25, 0.3) is 0 Å². The van der Waals surface area contributed by atoms with Crippen molar-refractivity contribution in [2.45, 2.75) is 19.3 Å². The largest absolute Gasteiger partial charge is 0.330 e. The average Bonchev–Trinajstić information content (AvgIpc) is 2.38. The van der Waals surface area contributed by atoms with Crippen molar-refractivity contribution in [2.75, 3.05) is 6.54 Å². The molecule has 1 aromatic rings. The Morgan fingerprint density at radius 2 is 2.40 bits per heavy atom. The summed E-state index contributed by atoms with van der Waals surface area (Å²) in [4.78, 5) is 0. The van der Waals surface area contributed by atoms with Crippen molar-refractivity contribution in [1.82, 2.24) is 4.37 Å². The lowest BCUT2D eigenvalue weighted by molar-refractivity contribution is 0.540. The first-order valence-corrected chi connectivity index (χ1v) is 4.10. The van der Waals surface area contributed by atoms with Gasteiger partial charge in [0.15, 0.2) is 0 Å². The second-order valence-electron chi connectivity index (χ2n) is 3.00. The molecule has 0 aromatic carbocycles. The molecule has 0 unspecified atom stereocenters. The van der Waals surface area contributed by atoms with Gasteiger partial charge in [-0.1, -0.05) is 13.8 Å². The zero-order valence-corrected chi connectivity index (χ0v) is 7.11. The second-order valence-corrected chi connectivity index (χ2v) is 3.66. The molecule has 0 amide bonds. The Balaban J connectivity index is 2.85. The van der Waals surface area contributed by atoms with Crippen molar-refractivity contribution in [3.05, 3.63) is 17.1 Å². The third-order valence-corrected chi connectivity index (χ3v) is 2.31. The normalized spacial score (nSPS) is 11.9. The fourth-order valence-corrected chi connectivity index (χ4v) is 1.39. The predicted octanol–water partition coefficient (Wildman–Crippen LogP) is 1.38. The van der Waals surface area contributed by atoms with Gasteiger partial charge in [0.05, 0.1) is 0 Å². The third kappa shape index (κ3) is 1.36. The van der Waals surface area contributed by atoms with Crippen LogP contribution in [0.5, 0.6) is 0 Å². The summed E-state index contributed by atoms with van der Waals surface area (Å²) in [6, 6.07) is 0. The fraction of sp³-hybridized carbons (Fsp3) is 0.571. The summed E-state index contributed by atoms with van der Waals surface area (Å²) in [5.74, 6) is 0. The van der Waals surface area contributed by atoms with Crippen LogP contribution in [-0.2, 0) is 5.41 Å². The molecular formula is C7H12N2S. The second kappa shape index (κ2) is 2.68.